The van der Waals surface area contributed by atoms with Crippen molar-refractivity contribution >= 4 is 34.6 Å². The number of fused-ring (bicyclic) bond motifs is 1. The summed E-state index contributed by atoms with van der Waals surface area (Å²) in [6.07, 6.45) is 9.89. The van der Waals surface area contributed by atoms with Gasteiger partial charge in [0.1, 0.15) is 17.2 Å². The maximum absolute atomic E-state index is 12.9. The number of hydrogen-bond donors (Lipinski definition) is 2. The number of rotatable bonds is 6. The molecule has 0 aromatic carbocycles. The topological polar surface area (TPSA) is 125 Å². The second kappa shape index (κ2) is 11.0. The fourth-order valence-corrected chi connectivity index (χ4v) is 5.49. The maximum atomic E-state index is 12.9. The highest BCUT2D eigenvalue weighted by molar-refractivity contribution is 5.99. The lowest BCUT2D eigenvalue weighted by atomic mass is 10.1. The normalized spacial score (nSPS) is 19.2. The Morgan fingerprint density at radius 3 is 2.54 bits per heavy atom. The molecule has 4 heterocycles. The van der Waals surface area contributed by atoms with Crippen molar-refractivity contribution in [3.8, 4) is 0 Å². The van der Waals surface area contributed by atoms with E-state index in [1.54, 1.807) is 25.2 Å². The van der Waals surface area contributed by atoms with Gasteiger partial charge in [0.05, 0.1) is 6.54 Å². The van der Waals surface area contributed by atoms with Crippen molar-refractivity contribution in [1.29, 1.82) is 0 Å². The number of nitrogens with zero attached hydrogens (tertiary/aromatic N) is 7. The first kappa shape index (κ1) is 25.3. The van der Waals surface area contributed by atoms with Crippen molar-refractivity contribution in [2.45, 2.75) is 44.6 Å². The summed E-state index contributed by atoms with van der Waals surface area (Å²) < 4.78 is 2.12. The lowest BCUT2D eigenvalue weighted by Gasteiger charge is -2.35. The molecule has 2 aromatic heterocycles. The van der Waals surface area contributed by atoms with Crippen molar-refractivity contribution in [1.82, 2.24) is 29.2 Å². The van der Waals surface area contributed by atoms with E-state index in [1.807, 2.05) is 17.2 Å². The van der Waals surface area contributed by atoms with E-state index in [0.29, 0.717) is 11.6 Å². The van der Waals surface area contributed by atoms with Crippen molar-refractivity contribution in [3.63, 3.8) is 0 Å². The molecule has 2 fully saturated rings. The highest BCUT2D eigenvalue weighted by atomic mass is 16.2. The van der Waals surface area contributed by atoms with E-state index in [-0.39, 0.29) is 24.4 Å². The molecule has 1 saturated carbocycles. The molecule has 1 aliphatic carbocycles. The van der Waals surface area contributed by atoms with Crippen LogP contribution in [0.15, 0.2) is 29.0 Å². The van der Waals surface area contributed by atoms with Crippen molar-refractivity contribution in [2.24, 2.45) is 10.7 Å². The third-order valence-electron chi connectivity index (χ3n) is 7.56. The monoisotopic (exact) mass is 507 g/mol. The van der Waals surface area contributed by atoms with Crippen LogP contribution in [0.3, 0.4) is 0 Å². The second-order valence-corrected chi connectivity index (χ2v) is 10.4. The quantitative estimate of drug-likeness (QED) is 0.611. The fraction of sp³-hybridized carbons (Fsp3) is 0.577. The smallest absolute Gasteiger partial charge is 0.270 e. The van der Waals surface area contributed by atoms with Gasteiger partial charge in [-0.15, -0.1) is 0 Å². The number of amides is 2. The Labute approximate surface area is 217 Å². The first-order valence-electron chi connectivity index (χ1n) is 13.2. The van der Waals surface area contributed by atoms with E-state index in [4.69, 9.17) is 10.7 Å². The maximum Gasteiger partial charge on any atom is 0.270 e. The number of aromatic nitrogens is 3. The van der Waals surface area contributed by atoms with Gasteiger partial charge in [0.15, 0.2) is 0 Å². The van der Waals surface area contributed by atoms with E-state index in [9.17, 15) is 9.59 Å². The van der Waals surface area contributed by atoms with Crippen LogP contribution in [0.5, 0.6) is 0 Å². The van der Waals surface area contributed by atoms with Crippen LogP contribution in [0.1, 0.15) is 55.1 Å². The number of carbonyl (C=O) groups excluding carboxylic acids is 2. The lowest BCUT2D eigenvalue weighted by molar-refractivity contribution is -0.131. The van der Waals surface area contributed by atoms with Crippen LogP contribution in [0.2, 0.25) is 0 Å². The minimum atomic E-state index is -0.0128. The summed E-state index contributed by atoms with van der Waals surface area (Å²) in [5, 5.41) is 4.18. The van der Waals surface area contributed by atoms with Crippen LogP contribution < -0.4 is 11.1 Å². The van der Waals surface area contributed by atoms with Gasteiger partial charge in [-0.05, 0) is 30.9 Å². The number of aliphatic imine (C=N–C) groups is 1. The molecule has 3 aliphatic rings. The predicted octanol–water partition coefficient (Wildman–Crippen LogP) is 1.84. The van der Waals surface area contributed by atoms with Crippen LogP contribution in [-0.2, 0) is 4.79 Å². The molecule has 11 nitrogen and oxygen atoms in total. The minimum Gasteiger partial charge on any atom is -0.343 e. The summed E-state index contributed by atoms with van der Waals surface area (Å²) in [6, 6.07) is 2.20. The van der Waals surface area contributed by atoms with Gasteiger partial charge in [0, 0.05) is 77.1 Å². The molecule has 0 unspecified atom stereocenters. The molecule has 0 atom stereocenters. The van der Waals surface area contributed by atoms with Gasteiger partial charge in [-0.1, -0.05) is 12.8 Å². The molecule has 11 heteroatoms. The molecule has 5 rings (SSSR count). The standard InChI is InChI=1S/C26H37N9O2/c1-32(2)25(37)21-13-19-16-29-26(31-24(19)35(21)20-5-3-4-6-20)30-22-8-7-18(15-28-22)17-33-9-11-34(12-10-33)23(36)14-27/h13,15-16,20H,3-12,14,17,27H2,1-2H3,(H,28,29,30,31). The van der Waals surface area contributed by atoms with E-state index in [1.165, 1.54) is 18.4 Å². The molecule has 2 amide bonds. The minimum absolute atomic E-state index is 0.0128. The Bertz CT molecular complexity index is 1220. The SMILES string of the molecule is CN(C)C(=O)c1cc2cnc(NC3=NC=C(CN4CCN(C(=O)CN)CC4)CC3)nc2n1C1CCCC1. The Morgan fingerprint density at radius 1 is 1.14 bits per heavy atom. The third kappa shape index (κ3) is 5.52. The van der Waals surface area contributed by atoms with Gasteiger partial charge >= 0.3 is 0 Å². The molecular formula is C26H37N9O2. The molecule has 37 heavy (non-hydrogen) atoms. The number of anilines is 1. The average Bonchev–Trinajstić information content (AvgIpc) is 3.57. The summed E-state index contributed by atoms with van der Waals surface area (Å²) in [5.41, 5.74) is 8.24. The van der Waals surface area contributed by atoms with Gasteiger partial charge in [-0.2, -0.15) is 4.98 Å². The highest BCUT2D eigenvalue weighted by Crippen LogP contribution is 2.34. The van der Waals surface area contributed by atoms with E-state index < -0.39 is 0 Å². The number of piperazine rings is 1. The first-order chi connectivity index (χ1) is 17.9. The number of carbonyl (C=O) groups is 2. The average molecular weight is 508 g/mol. The zero-order valence-corrected chi connectivity index (χ0v) is 21.8. The molecule has 1 saturated heterocycles. The van der Waals surface area contributed by atoms with Crippen LogP contribution in [0, 0.1) is 0 Å². The van der Waals surface area contributed by atoms with Crippen molar-refractivity contribution < 1.29 is 9.59 Å². The third-order valence-corrected chi connectivity index (χ3v) is 7.56. The Kier molecular flexibility index (Phi) is 7.52. The van der Waals surface area contributed by atoms with Crippen LogP contribution in [-0.4, -0.2) is 100 Å². The van der Waals surface area contributed by atoms with Crippen molar-refractivity contribution in [2.75, 3.05) is 58.7 Å². The van der Waals surface area contributed by atoms with Gasteiger partial charge in [-0.3, -0.25) is 14.5 Å². The summed E-state index contributed by atoms with van der Waals surface area (Å²) in [4.78, 5) is 44.5. The molecule has 198 valence electrons. The van der Waals surface area contributed by atoms with E-state index in [2.05, 4.69) is 24.8 Å². The Hall–Kier alpha value is -3.31. The predicted molar refractivity (Wildman–Crippen MR) is 143 cm³/mol. The Morgan fingerprint density at radius 2 is 1.89 bits per heavy atom. The zero-order valence-electron chi connectivity index (χ0n) is 21.8. The lowest BCUT2D eigenvalue weighted by Crippen LogP contribution is -2.50. The molecule has 2 aromatic rings. The highest BCUT2D eigenvalue weighted by Gasteiger charge is 2.27. The molecule has 3 N–H and O–H groups in total. The summed E-state index contributed by atoms with van der Waals surface area (Å²) in [7, 11) is 3.56. The van der Waals surface area contributed by atoms with Crippen LogP contribution in [0.25, 0.3) is 11.0 Å². The summed E-state index contributed by atoms with van der Waals surface area (Å²) in [5.74, 6) is 1.35. The summed E-state index contributed by atoms with van der Waals surface area (Å²) >= 11 is 0. The van der Waals surface area contributed by atoms with Gasteiger partial charge in [-0.25, -0.2) is 9.98 Å². The number of nitrogens with one attached hydrogen (secondary N) is 1. The molecule has 0 radical (unpaired) electrons. The first-order valence-corrected chi connectivity index (χ1v) is 13.2. The number of amidine groups is 1. The van der Waals surface area contributed by atoms with Gasteiger partial charge < -0.3 is 25.4 Å². The van der Waals surface area contributed by atoms with Gasteiger partial charge in [0.2, 0.25) is 11.9 Å². The van der Waals surface area contributed by atoms with Crippen LogP contribution >= 0.6 is 0 Å². The molecule has 0 spiro atoms. The van der Waals surface area contributed by atoms with E-state index >= 15 is 0 Å². The van der Waals surface area contributed by atoms with Crippen molar-refractivity contribution in [3.05, 3.63) is 29.7 Å². The Balaban J connectivity index is 1.28. The fourth-order valence-electron chi connectivity index (χ4n) is 5.49. The molecule has 2 aliphatic heterocycles. The molecular weight excluding hydrogens is 470 g/mol. The number of nitrogens with two attached hydrogens (primary N) is 1. The zero-order chi connectivity index (χ0) is 25.9. The summed E-state index contributed by atoms with van der Waals surface area (Å²) in [6.45, 7) is 4.10. The van der Waals surface area contributed by atoms with E-state index in [0.717, 1.165) is 75.3 Å². The van der Waals surface area contributed by atoms with Crippen LogP contribution in [0.4, 0.5) is 5.95 Å². The molecule has 0 bridgehead atoms. The number of hydrogen-bond acceptors (Lipinski definition) is 8. The largest absolute Gasteiger partial charge is 0.343 e. The second-order valence-electron chi connectivity index (χ2n) is 10.4. The van der Waals surface area contributed by atoms with Gasteiger partial charge in [0.25, 0.3) is 5.91 Å².